The van der Waals surface area contributed by atoms with Crippen molar-refractivity contribution < 1.29 is 4.39 Å². The molecule has 1 nitrogen and oxygen atoms in total. The van der Waals surface area contributed by atoms with Gasteiger partial charge in [0.2, 0.25) is 0 Å². The molecular formula is C13H17ClFN. The first-order chi connectivity index (χ1) is 7.68. The number of nitrogens with two attached hydrogens (primary N) is 1. The Balaban J connectivity index is 2.15. The predicted molar refractivity (Wildman–Crippen MR) is 64.9 cm³/mol. The quantitative estimate of drug-likeness (QED) is 0.830. The molecule has 0 aliphatic heterocycles. The first-order valence-electron chi connectivity index (χ1n) is 5.89. The van der Waals surface area contributed by atoms with Crippen LogP contribution in [0, 0.1) is 11.7 Å². The smallest absolute Gasteiger partial charge is 0.124 e. The summed E-state index contributed by atoms with van der Waals surface area (Å²) in [6, 6.07) is 4.45. The van der Waals surface area contributed by atoms with Gasteiger partial charge in [-0.2, -0.15) is 0 Å². The summed E-state index contributed by atoms with van der Waals surface area (Å²) in [4.78, 5) is 0. The Hall–Kier alpha value is -0.600. The van der Waals surface area contributed by atoms with E-state index < -0.39 is 0 Å². The van der Waals surface area contributed by atoms with Crippen LogP contribution in [0.1, 0.15) is 43.7 Å². The fourth-order valence-electron chi connectivity index (χ4n) is 2.52. The number of rotatable bonds is 2. The van der Waals surface area contributed by atoms with Gasteiger partial charge in [-0.05, 0) is 36.5 Å². The van der Waals surface area contributed by atoms with Gasteiger partial charge < -0.3 is 5.73 Å². The average molecular weight is 242 g/mol. The van der Waals surface area contributed by atoms with Crippen molar-refractivity contribution in [3.8, 4) is 0 Å². The molecule has 3 heteroatoms. The Morgan fingerprint density at radius 1 is 1.25 bits per heavy atom. The minimum absolute atomic E-state index is 0.0478. The molecular weight excluding hydrogens is 225 g/mol. The van der Waals surface area contributed by atoms with Crippen LogP contribution < -0.4 is 5.73 Å². The maximum absolute atomic E-state index is 12.9. The Morgan fingerprint density at radius 3 is 2.56 bits per heavy atom. The van der Waals surface area contributed by atoms with Gasteiger partial charge in [-0.25, -0.2) is 4.39 Å². The second-order valence-corrected chi connectivity index (χ2v) is 5.00. The minimum atomic E-state index is -0.301. The zero-order chi connectivity index (χ0) is 11.5. The second-order valence-electron chi connectivity index (χ2n) is 4.59. The molecule has 1 aromatic carbocycles. The molecule has 88 valence electrons. The van der Waals surface area contributed by atoms with Crippen LogP contribution in [0.15, 0.2) is 18.2 Å². The lowest BCUT2D eigenvalue weighted by atomic mass is 9.81. The third-order valence-electron chi connectivity index (χ3n) is 3.48. The Morgan fingerprint density at radius 2 is 1.94 bits per heavy atom. The molecule has 0 radical (unpaired) electrons. The van der Waals surface area contributed by atoms with Crippen LogP contribution in [-0.2, 0) is 0 Å². The highest BCUT2D eigenvalue weighted by Gasteiger charge is 2.23. The molecule has 2 N–H and O–H groups in total. The summed E-state index contributed by atoms with van der Waals surface area (Å²) in [5, 5.41) is 0.457. The monoisotopic (exact) mass is 241 g/mol. The van der Waals surface area contributed by atoms with Crippen LogP contribution >= 0.6 is 11.6 Å². The minimum Gasteiger partial charge on any atom is -0.324 e. The molecule has 16 heavy (non-hydrogen) atoms. The fourth-order valence-corrected chi connectivity index (χ4v) is 2.81. The number of halogens is 2. The summed E-state index contributed by atoms with van der Waals surface area (Å²) in [5.74, 6) is 0.196. The molecule has 0 aromatic heterocycles. The highest BCUT2D eigenvalue weighted by Crippen LogP contribution is 2.35. The summed E-state index contributed by atoms with van der Waals surface area (Å²) in [7, 11) is 0. The van der Waals surface area contributed by atoms with Crippen molar-refractivity contribution >= 4 is 11.6 Å². The van der Waals surface area contributed by atoms with Crippen LogP contribution in [0.5, 0.6) is 0 Å². The van der Waals surface area contributed by atoms with E-state index in [0.29, 0.717) is 10.9 Å². The van der Waals surface area contributed by atoms with E-state index in [9.17, 15) is 4.39 Å². The van der Waals surface area contributed by atoms with Crippen molar-refractivity contribution in [2.45, 2.75) is 38.1 Å². The van der Waals surface area contributed by atoms with Crippen LogP contribution in [0.4, 0.5) is 4.39 Å². The third kappa shape index (κ3) is 2.55. The lowest BCUT2D eigenvalue weighted by Gasteiger charge is -2.28. The van der Waals surface area contributed by atoms with Gasteiger partial charge in [0.1, 0.15) is 5.82 Å². The first-order valence-corrected chi connectivity index (χ1v) is 6.27. The summed E-state index contributed by atoms with van der Waals surface area (Å²) >= 11 is 6.02. The maximum Gasteiger partial charge on any atom is 0.124 e. The van der Waals surface area contributed by atoms with Gasteiger partial charge in [0.15, 0.2) is 0 Å². The third-order valence-corrected chi connectivity index (χ3v) is 3.81. The van der Waals surface area contributed by atoms with E-state index in [0.717, 1.165) is 18.4 Å². The predicted octanol–water partition coefficient (Wildman–Crippen LogP) is 4.06. The van der Waals surface area contributed by atoms with Crippen molar-refractivity contribution in [2.75, 3.05) is 0 Å². The summed E-state index contributed by atoms with van der Waals surface area (Å²) in [5.41, 5.74) is 7.10. The molecule has 1 aliphatic rings. The molecule has 1 aliphatic carbocycles. The van der Waals surface area contributed by atoms with E-state index in [-0.39, 0.29) is 11.9 Å². The summed E-state index contributed by atoms with van der Waals surface area (Å²) < 4.78 is 12.9. The molecule has 1 atom stereocenters. The highest BCUT2D eigenvalue weighted by molar-refractivity contribution is 6.31. The van der Waals surface area contributed by atoms with Gasteiger partial charge in [0.05, 0.1) is 0 Å². The Kier molecular flexibility index (Phi) is 3.82. The van der Waals surface area contributed by atoms with Crippen LogP contribution in [0.25, 0.3) is 0 Å². The molecule has 2 rings (SSSR count). The van der Waals surface area contributed by atoms with E-state index in [1.54, 1.807) is 6.07 Å². The number of benzene rings is 1. The molecule has 1 fully saturated rings. The summed E-state index contributed by atoms with van der Waals surface area (Å²) in [6.07, 6.45) is 6.12. The first kappa shape index (κ1) is 11.9. The standard InChI is InChI=1S/C13H17ClFN/c14-12-8-10(15)6-7-11(12)13(16)9-4-2-1-3-5-9/h6-9,13H,1-5,16H2. The molecule has 0 saturated heterocycles. The van der Waals surface area contributed by atoms with Crippen LogP contribution in [-0.4, -0.2) is 0 Å². The van der Waals surface area contributed by atoms with Crippen molar-refractivity contribution in [3.05, 3.63) is 34.6 Å². The van der Waals surface area contributed by atoms with Gasteiger partial charge in [-0.1, -0.05) is 36.9 Å². The SMILES string of the molecule is NC(c1ccc(F)cc1Cl)C1CCCCC1. The lowest BCUT2D eigenvalue weighted by Crippen LogP contribution is -2.23. The summed E-state index contributed by atoms with van der Waals surface area (Å²) in [6.45, 7) is 0. The van der Waals surface area contributed by atoms with Gasteiger partial charge in [0, 0.05) is 11.1 Å². The molecule has 1 unspecified atom stereocenters. The average Bonchev–Trinajstić information content (AvgIpc) is 2.29. The van der Waals surface area contributed by atoms with Crippen LogP contribution in [0.3, 0.4) is 0 Å². The topological polar surface area (TPSA) is 26.0 Å². The Labute approximate surface area is 101 Å². The lowest BCUT2D eigenvalue weighted by molar-refractivity contribution is 0.308. The van der Waals surface area contributed by atoms with Gasteiger partial charge in [0.25, 0.3) is 0 Å². The zero-order valence-corrected chi connectivity index (χ0v) is 10.0. The van der Waals surface area contributed by atoms with E-state index in [4.69, 9.17) is 17.3 Å². The van der Waals surface area contributed by atoms with Crippen molar-refractivity contribution in [2.24, 2.45) is 11.7 Å². The Bertz CT molecular complexity index is 361. The molecule has 0 bridgehead atoms. The molecule has 1 aromatic rings. The largest absolute Gasteiger partial charge is 0.324 e. The van der Waals surface area contributed by atoms with E-state index in [2.05, 4.69) is 0 Å². The normalized spacial score (nSPS) is 19.7. The second kappa shape index (κ2) is 5.15. The molecule has 0 heterocycles. The number of hydrogen-bond acceptors (Lipinski definition) is 1. The molecule has 1 saturated carbocycles. The van der Waals surface area contributed by atoms with Gasteiger partial charge in [-0.15, -0.1) is 0 Å². The van der Waals surface area contributed by atoms with Gasteiger partial charge in [-0.3, -0.25) is 0 Å². The van der Waals surface area contributed by atoms with Crippen molar-refractivity contribution in [1.29, 1.82) is 0 Å². The fraction of sp³-hybridized carbons (Fsp3) is 0.538. The van der Waals surface area contributed by atoms with Crippen molar-refractivity contribution in [1.82, 2.24) is 0 Å². The maximum atomic E-state index is 12.9. The van der Waals surface area contributed by atoms with Crippen LogP contribution in [0.2, 0.25) is 5.02 Å². The molecule has 0 amide bonds. The van der Waals surface area contributed by atoms with Gasteiger partial charge >= 0.3 is 0 Å². The van der Waals surface area contributed by atoms with E-state index >= 15 is 0 Å². The van der Waals surface area contributed by atoms with E-state index in [1.807, 2.05) is 0 Å². The highest BCUT2D eigenvalue weighted by atomic mass is 35.5. The van der Waals surface area contributed by atoms with Crippen molar-refractivity contribution in [3.63, 3.8) is 0 Å². The zero-order valence-electron chi connectivity index (χ0n) is 9.26. The molecule has 0 spiro atoms. The van der Waals surface area contributed by atoms with E-state index in [1.165, 1.54) is 31.4 Å². The number of hydrogen-bond donors (Lipinski definition) is 1.